The Morgan fingerprint density at radius 2 is 1.66 bits per heavy atom. The molecule has 6 rings (SSSR count). The summed E-state index contributed by atoms with van der Waals surface area (Å²) in [6.45, 7) is 8.84. The maximum atomic E-state index is 13.9. The Labute approximate surface area is 258 Å². The zero-order valence-corrected chi connectivity index (χ0v) is 26.5. The predicted molar refractivity (Wildman–Crippen MR) is 168 cm³/mol. The first kappa shape index (κ1) is 30.3. The summed E-state index contributed by atoms with van der Waals surface area (Å²) in [5.74, 6) is -0.750. The molecule has 3 saturated heterocycles. The SMILES string of the molecule is CC(C)(C)[C@H](CC(=O)c1cc2ccccc2[nH]1)C(=O)N1C[C@@H]2C[C@H]1CN2C(=O)c1ccc(N2CCN(S(C)(=O)=O)CC2)cn1. The summed E-state index contributed by atoms with van der Waals surface area (Å²) < 4.78 is 25.1. The number of piperazine rings is 2. The minimum absolute atomic E-state index is 0.0278. The van der Waals surface area contributed by atoms with Crippen molar-refractivity contribution in [3.05, 3.63) is 60.0 Å². The van der Waals surface area contributed by atoms with Crippen LogP contribution in [0.4, 0.5) is 5.69 Å². The smallest absolute Gasteiger partial charge is 0.272 e. The number of ketones is 1. The lowest BCUT2D eigenvalue weighted by atomic mass is 9.76. The molecule has 3 fully saturated rings. The van der Waals surface area contributed by atoms with Crippen molar-refractivity contribution in [1.82, 2.24) is 24.1 Å². The van der Waals surface area contributed by atoms with E-state index >= 15 is 0 Å². The molecule has 0 aliphatic carbocycles. The van der Waals surface area contributed by atoms with Crippen molar-refractivity contribution in [3.63, 3.8) is 0 Å². The Hall–Kier alpha value is -3.77. The highest BCUT2D eigenvalue weighted by Crippen LogP contribution is 2.38. The van der Waals surface area contributed by atoms with Gasteiger partial charge in [-0.2, -0.15) is 4.31 Å². The molecule has 5 heterocycles. The maximum absolute atomic E-state index is 13.9. The maximum Gasteiger partial charge on any atom is 0.272 e. The Balaban J connectivity index is 1.08. The molecule has 3 aromatic rings. The molecule has 234 valence electrons. The third-order valence-electron chi connectivity index (χ3n) is 9.39. The van der Waals surface area contributed by atoms with E-state index in [9.17, 15) is 22.8 Å². The molecule has 3 atom stereocenters. The molecule has 1 N–H and O–H groups in total. The number of sulfonamides is 1. The first-order valence-electron chi connectivity index (χ1n) is 15.2. The number of aromatic nitrogens is 2. The van der Waals surface area contributed by atoms with E-state index in [0.717, 1.165) is 16.6 Å². The first-order valence-corrected chi connectivity index (χ1v) is 17.0. The van der Waals surface area contributed by atoms with Gasteiger partial charge in [0.15, 0.2) is 5.78 Å². The normalized spacial score (nSPS) is 21.7. The molecular weight excluding hydrogens is 580 g/mol. The van der Waals surface area contributed by atoms with Crippen LogP contribution in [-0.4, -0.2) is 108 Å². The van der Waals surface area contributed by atoms with Gasteiger partial charge in [0.2, 0.25) is 15.9 Å². The fourth-order valence-corrected chi connectivity index (χ4v) is 7.62. The predicted octanol–water partition coefficient (Wildman–Crippen LogP) is 3.01. The molecule has 2 bridgehead atoms. The summed E-state index contributed by atoms with van der Waals surface area (Å²) >= 11 is 0. The molecule has 3 aliphatic heterocycles. The van der Waals surface area contributed by atoms with Gasteiger partial charge in [0.05, 0.1) is 41.8 Å². The van der Waals surface area contributed by atoms with Crippen LogP contribution in [-0.2, 0) is 14.8 Å². The lowest BCUT2D eigenvalue weighted by Gasteiger charge is -2.39. The Kier molecular flexibility index (Phi) is 7.77. The number of amides is 2. The van der Waals surface area contributed by atoms with Gasteiger partial charge in [-0.05, 0) is 36.1 Å². The number of H-pyrrole nitrogens is 1. The molecule has 1 aromatic carbocycles. The number of hydrogen-bond acceptors (Lipinski definition) is 7. The molecule has 2 amide bonds. The number of nitrogens with zero attached hydrogens (tertiary/aromatic N) is 5. The van der Waals surface area contributed by atoms with Gasteiger partial charge in [0.25, 0.3) is 5.91 Å². The van der Waals surface area contributed by atoms with Gasteiger partial charge in [-0.3, -0.25) is 14.4 Å². The minimum atomic E-state index is -3.21. The van der Waals surface area contributed by atoms with Crippen molar-refractivity contribution in [3.8, 4) is 0 Å². The van der Waals surface area contributed by atoms with Gasteiger partial charge in [-0.1, -0.05) is 39.0 Å². The number of para-hydroxylation sites is 1. The van der Waals surface area contributed by atoms with E-state index in [-0.39, 0.29) is 36.1 Å². The Bertz CT molecular complexity index is 1650. The minimum Gasteiger partial charge on any atom is -0.368 e. The van der Waals surface area contributed by atoms with E-state index < -0.39 is 21.4 Å². The number of carbonyl (C=O) groups excluding carboxylic acids is 3. The van der Waals surface area contributed by atoms with E-state index in [1.54, 1.807) is 12.3 Å². The molecule has 0 saturated carbocycles. The summed E-state index contributed by atoms with van der Waals surface area (Å²) in [7, 11) is -3.21. The third kappa shape index (κ3) is 5.84. The van der Waals surface area contributed by atoms with E-state index in [2.05, 4.69) is 14.9 Å². The molecule has 11 nitrogen and oxygen atoms in total. The number of likely N-dealkylation sites (tertiary alicyclic amines) is 2. The van der Waals surface area contributed by atoms with Crippen LogP contribution in [0.15, 0.2) is 48.7 Å². The zero-order chi connectivity index (χ0) is 31.4. The summed E-state index contributed by atoms with van der Waals surface area (Å²) in [5.41, 5.74) is 2.20. The van der Waals surface area contributed by atoms with Crippen LogP contribution < -0.4 is 4.90 Å². The van der Waals surface area contributed by atoms with Crippen molar-refractivity contribution < 1.29 is 22.8 Å². The number of rotatable bonds is 7. The first-order chi connectivity index (χ1) is 20.8. The van der Waals surface area contributed by atoms with Gasteiger partial charge in [-0.15, -0.1) is 0 Å². The van der Waals surface area contributed by atoms with E-state index in [1.807, 2.05) is 67.0 Å². The highest BCUT2D eigenvalue weighted by molar-refractivity contribution is 7.88. The van der Waals surface area contributed by atoms with E-state index in [0.29, 0.717) is 57.1 Å². The fraction of sp³-hybridized carbons (Fsp3) is 0.500. The fourth-order valence-electron chi connectivity index (χ4n) is 6.79. The lowest BCUT2D eigenvalue weighted by Crippen LogP contribution is -2.53. The van der Waals surface area contributed by atoms with E-state index in [1.165, 1.54) is 10.6 Å². The summed E-state index contributed by atoms with van der Waals surface area (Å²) in [6.07, 6.45) is 3.73. The highest BCUT2D eigenvalue weighted by Gasteiger charge is 2.50. The molecule has 3 aliphatic rings. The second-order valence-corrected chi connectivity index (χ2v) is 15.3. The molecule has 2 aromatic heterocycles. The number of hydrogen-bond donors (Lipinski definition) is 1. The van der Waals surface area contributed by atoms with Crippen molar-refractivity contribution in [1.29, 1.82) is 0 Å². The second-order valence-electron chi connectivity index (χ2n) is 13.4. The zero-order valence-electron chi connectivity index (χ0n) is 25.7. The van der Waals surface area contributed by atoms with Crippen LogP contribution in [0.2, 0.25) is 0 Å². The average Bonchev–Trinajstić information content (AvgIpc) is 3.73. The van der Waals surface area contributed by atoms with Crippen LogP contribution in [0.5, 0.6) is 0 Å². The number of Topliss-reactive ketones (excluding diaryl/α,β-unsaturated/α-hetero) is 1. The topological polar surface area (TPSA) is 127 Å². The molecule has 0 spiro atoms. The standard InChI is InChI=1S/C32H40N6O5S/c1-32(2,3)25(17-29(39)28-15-21-7-5-6-8-26(21)34-28)30(40)37-19-24-16-23(37)20-38(24)31(41)27-10-9-22(18-33-27)35-11-13-36(14-12-35)44(4,42)43/h5-10,15,18,23-25,34H,11-14,16-17,19-20H2,1-4H3/t23-,24-,25+/m0/s1. The average molecular weight is 621 g/mol. The molecule has 0 radical (unpaired) electrons. The molecule has 0 unspecified atom stereocenters. The summed E-state index contributed by atoms with van der Waals surface area (Å²) in [4.78, 5) is 54.2. The number of anilines is 1. The summed E-state index contributed by atoms with van der Waals surface area (Å²) in [5, 5.41) is 0.965. The van der Waals surface area contributed by atoms with Gasteiger partial charge in [-0.25, -0.2) is 13.4 Å². The number of benzene rings is 1. The Morgan fingerprint density at radius 3 is 2.25 bits per heavy atom. The van der Waals surface area contributed by atoms with Crippen molar-refractivity contribution in [2.75, 3.05) is 50.4 Å². The number of aromatic amines is 1. The lowest BCUT2D eigenvalue weighted by molar-refractivity contribution is -0.141. The van der Waals surface area contributed by atoms with Crippen LogP contribution in [0.3, 0.4) is 0 Å². The second kappa shape index (κ2) is 11.3. The largest absolute Gasteiger partial charge is 0.368 e. The summed E-state index contributed by atoms with van der Waals surface area (Å²) in [6, 6.07) is 13.0. The van der Waals surface area contributed by atoms with Gasteiger partial charge < -0.3 is 19.7 Å². The van der Waals surface area contributed by atoms with Gasteiger partial charge in [0.1, 0.15) is 5.69 Å². The molecule has 44 heavy (non-hydrogen) atoms. The molecular formula is C32H40N6O5S. The molecule has 12 heteroatoms. The van der Waals surface area contributed by atoms with E-state index in [4.69, 9.17) is 0 Å². The van der Waals surface area contributed by atoms with Crippen molar-refractivity contribution in [2.45, 2.75) is 45.7 Å². The number of nitrogens with one attached hydrogen (secondary N) is 1. The number of pyridine rings is 1. The Morgan fingerprint density at radius 1 is 0.977 bits per heavy atom. The third-order valence-corrected chi connectivity index (χ3v) is 10.7. The quantitative estimate of drug-likeness (QED) is 0.403. The van der Waals surface area contributed by atoms with Gasteiger partial charge in [0, 0.05) is 56.6 Å². The van der Waals surface area contributed by atoms with Crippen LogP contribution in [0.25, 0.3) is 10.9 Å². The van der Waals surface area contributed by atoms with Crippen LogP contribution >= 0.6 is 0 Å². The van der Waals surface area contributed by atoms with Crippen LogP contribution in [0, 0.1) is 11.3 Å². The number of carbonyl (C=O) groups is 3. The highest BCUT2D eigenvalue weighted by atomic mass is 32.2. The van der Waals surface area contributed by atoms with Crippen molar-refractivity contribution in [2.24, 2.45) is 11.3 Å². The van der Waals surface area contributed by atoms with Crippen LogP contribution in [0.1, 0.15) is 54.6 Å². The monoisotopic (exact) mass is 620 g/mol. The van der Waals surface area contributed by atoms with Crippen molar-refractivity contribution >= 4 is 44.2 Å². The van der Waals surface area contributed by atoms with Gasteiger partial charge >= 0.3 is 0 Å². The number of fused-ring (bicyclic) bond motifs is 3.